The number of hydrogen-bond donors (Lipinski definition) is 2. The van der Waals surface area contributed by atoms with E-state index in [0.717, 1.165) is 77.0 Å². The highest BCUT2D eigenvalue weighted by atomic mass is 32.2. The van der Waals surface area contributed by atoms with E-state index >= 15 is 0 Å². The Bertz CT molecular complexity index is 409. The first-order valence-electron chi connectivity index (χ1n) is 11.6. The first-order valence-corrected chi connectivity index (χ1v) is 13.1. The summed E-state index contributed by atoms with van der Waals surface area (Å²) in [5, 5.41) is 9.24. The summed E-state index contributed by atoms with van der Waals surface area (Å²) in [6.07, 6.45) is 18.5. The number of rotatable bonds is 20. The molecule has 0 spiro atoms. The second kappa shape index (κ2) is 17.9. The van der Waals surface area contributed by atoms with Crippen LogP contribution in [0.15, 0.2) is 0 Å². The molecule has 0 aliphatic rings. The molecule has 0 amide bonds. The predicted octanol–water partition coefficient (Wildman–Crippen LogP) is 6.67. The Kier molecular flexibility index (Phi) is 17.8. The molecule has 164 valence electrons. The molecule has 0 bridgehead atoms. The van der Waals surface area contributed by atoms with E-state index < -0.39 is 15.4 Å². The standard InChI is InChI=1S/C22H46O4S/c1-3-5-7-15-19-22(27(24,25)26)20-16-13-11-9-8-10-12-14-18-21(23)17-6-4-2/h21-23H,3-20H2,1-2H3,(H,24,25,26). The molecule has 0 radical (unpaired) electrons. The molecule has 2 unspecified atom stereocenters. The fourth-order valence-corrected chi connectivity index (χ4v) is 4.57. The molecule has 27 heavy (non-hydrogen) atoms. The van der Waals surface area contributed by atoms with Gasteiger partial charge in [-0.1, -0.05) is 104 Å². The van der Waals surface area contributed by atoms with Gasteiger partial charge in [0.05, 0.1) is 11.4 Å². The van der Waals surface area contributed by atoms with E-state index in [9.17, 15) is 18.1 Å². The molecule has 0 aliphatic carbocycles. The minimum absolute atomic E-state index is 0.109. The van der Waals surface area contributed by atoms with E-state index in [0.29, 0.717) is 12.8 Å². The highest BCUT2D eigenvalue weighted by Crippen LogP contribution is 2.19. The summed E-state index contributed by atoms with van der Waals surface area (Å²) in [6.45, 7) is 4.29. The zero-order valence-corrected chi connectivity index (χ0v) is 18.8. The van der Waals surface area contributed by atoms with Crippen molar-refractivity contribution in [2.45, 2.75) is 141 Å². The molecule has 0 aromatic heterocycles. The third-order valence-corrected chi connectivity index (χ3v) is 6.82. The van der Waals surface area contributed by atoms with Crippen LogP contribution in [0.5, 0.6) is 0 Å². The van der Waals surface area contributed by atoms with Gasteiger partial charge in [0.15, 0.2) is 0 Å². The van der Waals surface area contributed by atoms with Crippen molar-refractivity contribution in [1.82, 2.24) is 0 Å². The molecule has 0 heterocycles. The first-order chi connectivity index (χ1) is 12.9. The van der Waals surface area contributed by atoms with Crippen molar-refractivity contribution in [3.8, 4) is 0 Å². The first kappa shape index (κ1) is 26.9. The van der Waals surface area contributed by atoms with Crippen LogP contribution in [-0.4, -0.2) is 29.4 Å². The Balaban J connectivity index is 3.59. The van der Waals surface area contributed by atoms with E-state index in [1.54, 1.807) is 0 Å². The smallest absolute Gasteiger partial charge is 0.267 e. The average Bonchev–Trinajstić information content (AvgIpc) is 2.62. The Labute approximate surface area is 169 Å². The summed E-state index contributed by atoms with van der Waals surface area (Å²) < 4.78 is 32.4. The van der Waals surface area contributed by atoms with Gasteiger partial charge in [-0.25, -0.2) is 0 Å². The Morgan fingerprint density at radius 1 is 0.593 bits per heavy atom. The summed E-state index contributed by atoms with van der Waals surface area (Å²) in [7, 11) is -3.89. The van der Waals surface area contributed by atoms with Crippen LogP contribution in [0.2, 0.25) is 0 Å². The van der Waals surface area contributed by atoms with Crippen LogP contribution in [0.3, 0.4) is 0 Å². The van der Waals surface area contributed by atoms with Crippen LogP contribution in [0, 0.1) is 0 Å². The van der Waals surface area contributed by atoms with Crippen molar-refractivity contribution in [2.75, 3.05) is 0 Å². The molecule has 0 saturated heterocycles. The molecule has 0 aromatic carbocycles. The Hall–Kier alpha value is -0.130. The quantitative estimate of drug-likeness (QED) is 0.175. The van der Waals surface area contributed by atoms with Gasteiger partial charge < -0.3 is 5.11 Å². The summed E-state index contributed by atoms with van der Waals surface area (Å²) >= 11 is 0. The molecule has 0 rings (SSSR count). The highest BCUT2D eigenvalue weighted by Gasteiger charge is 2.21. The second-order valence-corrected chi connectivity index (χ2v) is 9.88. The van der Waals surface area contributed by atoms with Gasteiger partial charge in [0, 0.05) is 0 Å². The van der Waals surface area contributed by atoms with Gasteiger partial charge in [-0.3, -0.25) is 4.55 Å². The van der Waals surface area contributed by atoms with Crippen LogP contribution in [0.25, 0.3) is 0 Å². The highest BCUT2D eigenvalue weighted by molar-refractivity contribution is 7.86. The normalized spacial score (nSPS) is 14.4. The van der Waals surface area contributed by atoms with E-state index in [2.05, 4.69) is 13.8 Å². The Morgan fingerprint density at radius 3 is 1.41 bits per heavy atom. The zero-order valence-electron chi connectivity index (χ0n) is 18.0. The summed E-state index contributed by atoms with van der Waals surface area (Å²) in [5.41, 5.74) is 0. The molecule has 5 heteroatoms. The molecule has 0 aromatic rings. The molecular formula is C22H46O4S. The van der Waals surface area contributed by atoms with Gasteiger partial charge in [0.2, 0.25) is 0 Å². The van der Waals surface area contributed by atoms with Crippen molar-refractivity contribution in [2.24, 2.45) is 0 Å². The molecule has 0 saturated carbocycles. The van der Waals surface area contributed by atoms with Crippen LogP contribution in [0.4, 0.5) is 0 Å². The lowest BCUT2D eigenvalue weighted by Crippen LogP contribution is -2.20. The maximum Gasteiger partial charge on any atom is 0.267 e. The van der Waals surface area contributed by atoms with Crippen molar-refractivity contribution in [1.29, 1.82) is 0 Å². The molecular weight excluding hydrogens is 360 g/mol. The third kappa shape index (κ3) is 17.7. The van der Waals surface area contributed by atoms with E-state index in [1.807, 2.05) is 0 Å². The number of aliphatic hydroxyl groups excluding tert-OH is 1. The lowest BCUT2D eigenvalue weighted by molar-refractivity contribution is 0.148. The number of unbranched alkanes of at least 4 members (excludes halogenated alkanes) is 11. The summed E-state index contributed by atoms with van der Waals surface area (Å²) in [6, 6.07) is 0. The maximum atomic E-state index is 11.5. The number of aliphatic hydroxyl groups is 1. The Morgan fingerprint density at radius 2 is 0.963 bits per heavy atom. The van der Waals surface area contributed by atoms with Gasteiger partial charge in [-0.15, -0.1) is 0 Å². The van der Waals surface area contributed by atoms with E-state index in [1.165, 1.54) is 25.7 Å². The molecule has 2 atom stereocenters. The number of hydrogen-bond acceptors (Lipinski definition) is 3. The van der Waals surface area contributed by atoms with Crippen LogP contribution in [0.1, 0.15) is 129 Å². The summed E-state index contributed by atoms with van der Waals surface area (Å²) in [5.74, 6) is 0. The van der Waals surface area contributed by atoms with Crippen LogP contribution in [-0.2, 0) is 10.1 Å². The van der Waals surface area contributed by atoms with Gasteiger partial charge in [0.25, 0.3) is 10.1 Å². The van der Waals surface area contributed by atoms with Crippen molar-refractivity contribution in [3.05, 3.63) is 0 Å². The molecule has 0 aliphatic heterocycles. The van der Waals surface area contributed by atoms with Crippen LogP contribution >= 0.6 is 0 Å². The monoisotopic (exact) mass is 406 g/mol. The lowest BCUT2D eigenvalue weighted by Gasteiger charge is -2.13. The summed E-state index contributed by atoms with van der Waals surface area (Å²) in [4.78, 5) is 0. The second-order valence-electron chi connectivity index (χ2n) is 8.19. The van der Waals surface area contributed by atoms with Gasteiger partial charge in [0.1, 0.15) is 0 Å². The lowest BCUT2D eigenvalue weighted by atomic mass is 10.0. The maximum absolute atomic E-state index is 11.5. The van der Waals surface area contributed by atoms with E-state index in [-0.39, 0.29) is 6.10 Å². The SMILES string of the molecule is CCCCCCC(CCCCCCCCCCC(O)CCCC)S(=O)(=O)O. The van der Waals surface area contributed by atoms with Gasteiger partial charge in [-0.05, 0) is 25.7 Å². The van der Waals surface area contributed by atoms with Crippen molar-refractivity contribution >= 4 is 10.1 Å². The van der Waals surface area contributed by atoms with E-state index in [4.69, 9.17) is 0 Å². The minimum atomic E-state index is -3.89. The van der Waals surface area contributed by atoms with Crippen LogP contribution < -0.4 is 0 Å². The topological polar surface area (TPSA) is 74.6 Å². The van der Waals surface area contributed by atoms with Crippen molar-refractivity contribution < 1.29 is 18.1 Å². The molecule has 0 fully saturated rings. The van der Waals surface area contributed by atoms with Gasteiger partial charge in [-0.2, -0.15) is 8.42 Å². The largest absolute Gasteiger partial charge is 0.393 e. The van der Waals surface area contributed by atoms with Crippen molar-refractivity contribution in [3.63, 3.8) is 0 Å². The zero-order chi connectivity index (χ0) is 20.4. The fraction of sp³-hybridized carbons (Fsp3) is 1.00. The fourth-order valence-electron chi connectivity index (χ4n) is 3.64. The third-order valence-electron chi connectivity index (χ3n) is 5.51. The minimum Gasteiger partial charge on any atom is -0.393 e. The van der Waals surface area contributed by atoms with Gasteiger partial charge >= 0.3 is 0 Å². The predicted molar refractivity (Wildman–Crippen MR) is 116 cm³/mol. The molecule has 4 nitrogen and oxygen atoms in total. The average molecular weight is 407 g/mol. The molecule has 2 N–H and O–H groups in total.